The van der Waals surface area contributed by atoms with Crippen molar-refractivity contribution in [3.8, 4) is 5.82 Å². The lowest BCUT2D eigenvalue weighted by molar-refractivity contribution is 0.280. The molecule has 0 aromatic carbocycles. The zero-order valence-corrected chi connectivity index (χ0v) is 7.00. The predicted molar refractivity (Wildman–Crippen MR) is 42.8 cm³/mol. The van der Waals surface area contributed by atoms with Gasteiger partial charge in [-0.15, -0.1) is 5.10 Å². The molecule has 72 valence electrons. The molecule has 6 nitrogen and oxygen atoms in total. The third-order valence-electron chi connectivity index (χ3n) is 1.63. The Morgan fingerprint density at radius 1 is 1.50 bits per heavy atom. The maximum atomic E-state index is 13.3. The molecular weight excluding hydrogens is 189 g/mol. The highest BCUT2D eigenvalue weighted by Crippen LogP contribution is 2.09. The van der Waals surface area contributed by atoms with Crippen molar-refractivity contribution in [1.29, 1.82) is 0 Å². The number of aliphatic hydroxyl groups excluding tert-OH is 1. The molecule has 0 spiro atoms. The molecule has 0 bridgehead atoms. The van der Waals surface area contributed by atoms with Crippen LogP contribution in [0.15, 0.2) is 18.6 Å². The summed E-state index contributed by atoms with van der Waals surface area (Å²) in [6.07, 6.45) is 2.60. The van der Waals surface area contributed by atoms with Gasteiger partial charge >= 0.3 is 0 Å². The molecule has 0 aliphatic carbocycles. The quantitative estimate of drug-likeness (QED) is 0.711. The monoisotopic (exact) mass is 195 g/mol. The van der Waals surface area contributed by atoms with Gasteiger partial charge in [0.05, 0.1) is 6.61 Å². The highest BCUT2D eigenvalue weighted by molar-refractivity contribution is 5.25. The number of pyridine rings is 1. The average Bonchev–Trinajstić information content (AvgIpc) is 2.70. The van der Waals surface area contributed by atoms with E-state index in [2.05, 4.69) is 20.5 Å². The van der Waals surface area contributed by atoms with Crippen LogP contribution in [-0.2, 0) is 6.61 Å². The number of rotatable bonds is 2. The molecule has 2 rings (SSSR count). The summed E-state index contributed by atoms with van der Waals surface area (Å²) >= 11 is 0. The number of halogens is 1. The first-order valence-electron chi connectivity index (χ1n) is 3.80. The second kappa shape index (κ2) is 3.46. The zero-order valence-electron chi connectivity index (χ0n) is 7.00. The van der Waals surface area contributed by atoms with Crippen LogP contribution in [0.25, 0.3) is 5.82 Å². The van der Waals surface area contributed by atoms with E-state index in [9.17, 15) is 4.39 Å². The molecule has 0 unspecified atom stereocenters. The van der Waals surface area contributed by atoms with Crippen LogP contribution in [0.3, 0.4) is 0 Å². The molecule has 0 atom stereocenters. The number of aromatic nitrogens is 5. The molecule has 0 aliphatic rings. The molecule has 2 aromatic heterocycles. The average molecular weight is 195 g/mol. The highest BCUT2D eigenvalue weighted by Gasteiger charge is 2.07. The van der Waals surface area contributed by atoms with Crippen LogP contribution in [0.4, 0.5) is 4.39 Å². The lowest BCUT2D eigenvalue weighted by Crippen LogP contribution is -2.03. The SMILES string of the molecule is OCc1cnc(-n2cnnn2)c(F)c1. The topological polar surface area (TPSA) is 76.7 Å². The largest absolute Gasteiger partial charge is 0.392 e. The van der Waals surface area contributed by atoms with E-state index in [1.54, 1.807) is 0 Å². The summed E-state index contributed by atoms with van der Waals surface area (Å²) in [5.41, 5.74) is 0.402. The Hall–Kier alpha value is -1.89. The van der Waals surface area contributed by atoms with Crippen molar-refractivity contribution >= 4 is 0 Å². The Kier molecular flexibility index (Phi) is 2.15. The summed E-state index contributed by atoms with van der Waals surface area (Å²) in [5.74, 6) is -0.573. The summed E-state index contributed by atoms with van der Waals surface area (Å²) in [5, 5.41) is 18.9. The minimum atomic E-state index is -0.580. The summed E-state index contributed by atoms with van der Waals surface area (Å²) < 4.78 is 14.4. The van der Waals surface area contributed by atoms with Crippen molar-refractivity contribution in [3.05, 3.63) is 30.0 Å². The van der Waals surface area contributed by atoms with Gasteiger partial charge in [0.1, 0.15) is 6.33 Å². The summed E-state index contributed by atoms with van der Waals surface area (Å²) in [4.78, 5) is 3.78. The third-order valence-corrected chi connectivity index (χ3v) is 1.63. The fraction of sp³-hybridized carbons (Fsp3) is 0.143. The van der Waals surface area contributed by atoms with E-state index in [1.165, 1.54) is 18.6 Å². The van der Waals surface area contributed by atoms with E-state index in [0.717, 1.165) is 4.68 Å². The van der Waals surface area contributed by atoms with Gasteiger partial charge in [-0.05, 0) is 22.1 Å². The van der Waals surface area contributed by atoms with Crippen molar-refractivity contribution in [2.75, 3.05) is 0 Å². The van der Waals surface area contributed by atoms with E-state index < -0.39 is 5.82 Å². The molecule has 2 aromatic rings. The molecule has 2 heterocycles. The third kappa shape index (κ3) is 1.44. The van der Waals surface area contributed by atoms with Gasteiger partial charge in [0.25, 0.3) is 0 Å². The van der Waals surface area contributed by atoms with Crippen LogP contribution < -0.4 is 0 Å². The molecule has 0 amide bonds. The second-order valence-electron chi connectivity index (χ2n) is 2.56. The molecule has 0 radical (unpaired) electrons. The predicted octanol–water partition coefficient (Wildman–Crippen LogP) is -0.311. The lowest BCUT2D eigenvalue weighted by atomic mass is 10.3. The number of aliphatic hydroxyl groups is 1. The van der Waals surface area contributed by atoms with Crippen LogP contribution in [0.2, 0.25) is 0 Å². The standard InChI is InChI=1S/C7H6FN5O/c8-6-1-5(3-14)2-9-7(6)13-4-10-11-12-13/h1-2,4,14H,3H2. The molecule has 0 aliphatic heterocycles. The Labute approximate surface area is 78.0 Å². The van der Waals surface area contributed by atoms with Gasteiger partial charge in [-0.25, -0.2) is 9.37 Å². The van der Waals surface area contributed by atoms with E-state index in [0.29, 0.717) is 5.56 Å². The number of nitrogens with zero attached hydrogens (tertiary/aromatic N) is 5. The molecule has 0 fully saturated rings. The van der Waals surface area contributed by atoms with Crippen molar-refractivity contribution < 1.29 is 9.50 Å². The van der Waals surface area contributed by atoms with Gasteiger partial charge in [0.2, 0.25) is 0 Å². The van der Waals surface area contributed by atoms with Crippen molar-refractivity contribution in [2.45, 2.75) is 6.61 Å². The molecular formula is C7H6FN5O. The van der Waals surface area contributed by atoms with Gasteiger partial charge in [-0.1, -0.05) is 0 Å². The maximum Gasteiger partial charge on any atom is 0.193 e. The Morgan fingerprint density at radius 2 is 2.36 bits per heavy atom. The van der Waals surface area contributed by atoms with Gasteiger partial charge in [0, 0.05) is 6.20 Å². The van der Waals surface area contributed by atoms with Crippen LogP contribution >= 0.6 is 0 Å². The van der Waals surface area contributed by atoms with Crippen LogP contribution in [0.1, 0.15) is 5.56 Å². The van der Waals surface area contributed by atoms with E-state index in [1.807, 2.05) is 0 Å². The van der Waals surface area contributed by atoms with E-state index in [-0.39, 0.29) is 12.4 Å². The molecule has 7 heteroatoms. The summed E-state index contributed by atoms with van der Waals surface area (Å²) in [7, 11) is 0. The van der Waals surface area contributed by atoms with Crippen LogP contribution in [0.5, 0.6) is 0 Å². The Bertz CT molecular complexity index is 430. The van der Waals surface area contributed by atoms with Crippen molar-refractivity contribution in [2.24, 2.45) is 0 Å². The van der Waals surface area contributed by atoms with Crippen molar-refractivity contribution in [3.63, 3.8) is 0 Å². The first kappa shape index (κ1) is 8.70. The first-order chi connectivity index (χ1) is 6.81. The van der Waals surface area contributed by atoms with Gasteiger partial charge < -0.3 is 5.11 Å². The number of hydrogen-bond donors (Lipinski definition) is 1. The number of hydrogen-bond acceptors (Lipinski definition) is 5. The van der Waals surface area contributed by atoms with Gasteiger partial charge in [-0.2, -0.15) is 4.68 Å². The summed E-state index contributed by atoms with van der Waals surface area (Å²) in [6.45, 7) is -0.250. The van der Waals surface area contributed by atoms with Gasteiger partial charge in [0.15, 0.2) is 11.6 Å². The maximum absolute atomic E-state index is 13.3. The molecule has 1 N–H and O–H groups in total. The van der Waals surface area contributed by atoms with Crippen LogP contribution in [-0.4, -0.2) is 30.3 Å². The minimum Gasteiger partial charge on any atom is -0.392 e. The van der Waals surface area contributed by atoms with Crippen LogP contribution in [0, 0.1) is 5.82 Å². The highest BCUT2D eigenvalue weighted by atomic mass is 19.1. The number of tetrazole rings is 1. The molecule has 0 saturated heterocycles. The fourth-order valence-electron chi connectivity index (χ4n) is 0.984. The minimum absolute atomic E-state index is 0.00667. The van der Waals surface area contributed by atoms with Gasteiger partial charge in [-0.3, -0.25) is 0 Å². The second-order valence-corrected chi connectivity index (χ2v) is 2.56. The fourth-order valence-corrected chi connectivity index (χ4v) is 0.984. The van der Waals surface area contributed by atoms with E-state index >= 15 is 0 Å². The summed E-state index contributed by atoms with van der Waals surface area (Å²) in [6, 6.07) is 1.18. The lowest BCUT2D eigenvalue weighted by Gasteiger charge is -2.01. The Morgan fingerprint density at radius 3 is 2.93 bits per heavy atom. The van der Waals surface area contributed by atoms with E-state index in [4.69, 9.17) is 5.11 Å². The first-order valence-corrected chi connectivity index (χ1v) is 3.80. The normalized spacial score (nSPS) is 10.4. The Balaban J connectivity index is 2.46. The molecule has 0 saturated carbocycles. The molecule has 14 heavy (non-hydrogen) atoms. The van der Waals surface area contributed by atoms with Crippen molar-refractivity contribution in [1.82, 2.24) is 25.2 Å². The zero-order chi connectivity index (χ0) is 9.97. The smallest absolute Gasteiger partial charge is 0.193 e.